The Hall–Kier alpha value is -3.92. The minimum absolute atomic E-state index is 0.00701. The molecule has 0 saturated carbocycles. The molecule has 1 heterocycles. The van der Waals surface area contributed by atoms with Gasteiger partial charge in [-0.05, 0) is 55.0 Å². The number of benzene rings is 2. The molecule has 2 aromatic carbocycles. The van der Waals surface area contributed by atoms with E-state index in [-0.39, 0.29) is 16.2 Å². The van der Waals surface area contributed by atoms with Gasteiger partial charge in [0.05, 0.1) is 5.92 Å². The zero-order chi connectivity index (χ0) is 29.6. The highest BCUT2D eigenvalue weighted by atomic mass is 16.5. The summed E-state index contributed by atoms with van der Waals surface area (Å²) in [5.74, 6) is -6.54. The number of phenols is 4. The van der Waals surface area contributed by atoms with Gasteiger partial charge < -0.3 is 20.4 Å². The molecule has 0 spiro atoms. The van der Waals surface area contributed by atoms with Crippen LogP contribution in [0.4, 0.5) is 0 Å². The summed E-state index contributed by atoms with van der Waals surface area (Å²) in [5, 5.41) is 52.3. The Bertz CT molecular complexity index is 1280. The molecule has 0 aliphatic carbocycles. The van der Waals surface area contributed by atoms with E-state index >= 15 is 0 Å². The molecule has 10 heteroatoms. The second kappa shape index (κ2) is 13.4. The molecule has 1 aliphatic rings. The molecule has 3 rings (SSSR count). The van der Waals surface area contributed by atoms with Crippen molar-refractivity contribution in [3.8, 4) is 23.0 Å². The largest absolute Gasteiger partial charge is 0.507 e. The lowest BCUT2D eigenvalue weighted by Crippen LogP contribution is -2.26. The van der Waals surface area contributed by atoms with E-state index in [9.17, 15) is 44.8 Å². The first-order chi connectivity index (χ1) is 19.0. The van der Waals surface area contributed by atoms with Gasteiger partial charge in [0.15, 0.2) is 11.6 Å². The van der Waals surface area contributed by atoms with Crippen LogP contribution in [-0.2, 0) is 22.4 Å². The van der Waals surface area contributed by atoms with E-state index in [2.05, 4.69) is 6.92 Å². The van der Waals surface area contributed by atoms with Crippen LogP contribution in [0.25, 0.3) is 0 Å². The number of hydrogen-bond donors (Lipinski definition) is 5. The number of nitrogens with zero attached hydrogens (tertiary/aromatic N) is 1. The highest BCUT2D eigenvalue weighted by Gasteiger charge is 2.42. The molecule has 0 bridgehead atoms. The van der Waals surface area contributed by atoms with Gasteiger partial charge in [-0.15, -0.1) is 0 Å². The van der Waals surface area contributed by atoms with Gasteiger partial charge in [-0.2, -0.15) is 5.06 Å². The van der Waals surface area contributed by atoms with Crippen molar-refractivity contribution in [2.45, 2.75) is 90.4 Å². The molecule has 216 valence electrons. The monoisotopic (exact) mass is 555 g/mol. The number of imide groups is 1. The number of hydrogen-bond acceptors (Lipinski definition) is 9. The summed E-state index contributed by atoms with van der Waals surface area (Å²) in [6.45, 7) is 4.04. The molecule has 5 N–H and O–H groups in total. The Morgan fingerprint density at radius 2 is 1.32 bits per heavy atom. The van der Waals surface area contributed by atoms with E-state index in [1.165, 1.54) is 18.2 Å². The number of amides is 2. The minimum Gasteiger partial charge on any atom is -0.507 e. The first-order valence-electron chi connectivity index (χ1n) is 13.8. The van der Waals surface area contributed by atoms with E-state index in [4.69, 9.17) is 0 Å². The van der Waals surface area contributed by atoms with E-state index in [1.54, 1.807) is 0 Å². The summed E-state index contributed by atoms with van der Waals surface area (Å²) in [4.78, 5) is 50.5. The third kappa shape index (κ3) is 6.62. The molecule has 10 nitrogen and oxygen atoms in total. The van der Waals surface area contributed by atoms with Gasteiger partial charge in [0.25, 0.3) is 11.8 Å². The predicted molar refractivity (Wildman–Crippen MR) is 145 cm³/mol. The Balaban J connectivity index is 1.86. The van der Waals surface area contributed by atoms with Gasteiger partial charge in [0.2, 0.25) is 0 Å². The fourth-order valence-electron chi connectivity index (χ4n) is 5.16. The standard InChI is InChI=1S/C30H37NO9/c1-3-5-7-9-17-13-22(34)27(23(35)14-17)20(32)11-12-21(33)28-24(36)15-18(10-8-6-4-2)26(29(28)38)19-16-25(37)31(40)30(19)39/h13-15,19,34-36,38,40H,3-12,16H2,1-2H3. The van der Waals surface area contributed by atoms with Gasteiger partial charge in [-0.3, -0.25) is 24.4 Å². The third-order valence-corrected chi connectivity index (χ3v) is 7.29. The summed E-state index contributed by atoms with van der Waals surface area (Å²) < 4.78 is 0. The average Bonchev–Trinajstić information content (AvgIpc) is 3.14. The first kappa shape index (κ1) is 30.6. The minimum atomic E-state index is -1.23. The van der Waals surface area contributed by atoms with E-state index in [1.807, 2.05) is 6.92 Å². The molecule has 2 aromatic rings. The molecule has 1 unspecified atom stereocenters. The van der Waals surface area contributed by atoms with Gasteiger partial charge in [0.1, 0.15) is 34.1 Å². The smallest absolute Gasteiger partial charge is 0.261 e. The van der Waals surface area contributed by atoms with Gasteiger partial charge in [-0.25, -0.2) is 0 Å². The maximum atomic E-state index is 13.1. The lowest BCUT2D eigenvalue weighted by molar-refractivity contribution is -0.171. The van der Waals surface area contributed by atoms with Crippen molar-refractivity contribution < 1.29 is 44.8 Å². The van der Waals surface area contributed by atoms with Gasteiger partial charge >= 0.3 is 0 Å². The van der Waals surface area contributed by atoms with E-state index < -0.39 is 77.1 Å². The number of hydroxylamine groups is 2. The number of Topliss-reactive ketones (excluding diaryl/α,β-unsaturated/α-hetero) is 2. The van der Waals surface area contributed by atoms with Crippen LogP contribution in [0, 0.1) is 0 Å². The van der Waals surface area contributed by atoms with Gasteiger partial charge in [0, 0.05) is 24.8 Å². The Labute approximate surface area is 232 Å². The SMILES string of the molecule is CCCCCc1cc(O)c(C(=O)CCC(=O)c2c(O)cc(CCCCC)c(C3CC(=O)N(O)C3=O)c2O)c(O)c1. The van der Waals surface area contributed by atoms with Crippen LogP contribution in [0.5, 0.6) is 23.0 Å². The fourth-order valence-corrected chi connectivity index (χ4v) is 5.16. The lowest BCUT2D eigenvalue weighted by atomic mass is 9.86. The van der Waals surface area contributed by atoms with Crippen LogP contribution in [0.2, 0.25) is 0 Å². The topological polar surface area (TPSA) is 173 Å². The number of unbranched alkanes of at least 4 members (excludes halogenated alkanes) is 4. The molecule has 1 saturated heterocycles. The summed E-state index contributed by atoms with van der Waals surface area (Å²) >= 11 is 0. The van der Waals surface area contributed by atoms with Crippen molar-refractivity contribution in [1.82, 2.24) is 5.06 Å². The number of aromatic hydroxyl groups is 4. The third-order valence-electron chi connectivity index (χ3n) is 7.29. The van der Waals surface area contributed by atoms with Crippen LogP contribution in [0.15, 0.2) is 18.2 Å². The highest BCUT2D eigenvalue weighted by Crippen LogP contribution is 2.43. The maximum Gasteiger partial charge on any atom is 0.261 e. The van der Waals surface area contributed by atoms with Crippen molar-refractivity contribution >= 4 is 23.4 Å². The lowest BCUT2D eigenvalue weighted by Gasteiger charge is -2.19. The molecule has 2 amide bonds. The van der Waals surface area contributed by atoms with Crippen molar-refractivity contribution in [2.24, 2.45) is 0 Å². The number of phenolic OH excluding ortho intramolecular Hbond substituents is 4. The Morgan fingerprint density at radius 1 is 0.800 bits per heavy atom. The molecule has 1 fully saturated rings. The molecule has 40 heavy (non-hydrogen) atoms. The first-order valence-corrected chi connectivity index (χ1v) is 13.8. The Morgan fingerprint density at radius 3 is 1.85 bits per heavy atom. The Kier molecular flexibility index (Phi) is 10.3. The molecule has 1 atom stereocenters. The molecule has 1 aliphatic heterocycles. The zero-order valence-corrected chi connectivity index (χ0v) is 22.9. The average molecular weight is 556 g/mol. The summed E-state index contributed by atoms with van der Waals surface area (Å²) in [6, 6.07) is 4.10. The fraction of sp³-hybridized carbons (Fsp3) is 0.467. The highest BCUT2D eigenvalue weighted by molar-refractivity contribution is 6.09. The van der Waals surface area contributed by atoms with Gasteiger partial charge in [-0.1, -0.05) is 39.5 Å². The molecular weight excluding hydrogens is 518 g/mol. The van der Waals surface area contributed by atoms with Crippen LogP contribution in [0.3, 0.4) is 0 Å². The molecule has 0 aromatic heterocycles. The number of aryl methyl sites for hydroxylation is 2. The van der Waals surface area contributed by atoms with Crippen molar-refractivity contribution in [3.05, 3.63) is 46.0 Å². The number of ketones is 2. The maximum absolute atomic E-state index is 13.1. The normalized spacial score (nSPS) is 15.2. The second-order valence-corrected chi connectivity index (χ2v) is 10.3. The van der Waals surface area contributed by atoms with Crippen LogP contribution >= 0.6 is 0 Å². The second-order valence-electron chi connectivity index (χ2n) is 10.3. The number of rotatable bonds is 14. The summed E-state index contributed by atoms with van der Waals surface area (Å²) in [7, 11) is 0. The van der Waals surface area contributed by atoms with E-state index in [0.717, 1.165) is 32.1 Å². The van der Waals surface area contributed by atoms with Crippen LogP contribution in [0.1, 0.15) is 115 Å². The number of carbonyl (C=O) groups excluding carboxylic acids is 4. The molecular formula is C30H37NO9. The summed E-state index contributed by atoms with van der Waals surface area (Å²) in [6.07, 6.45) is 4.87. The van der Waals surface area contributed by atoms with Crippen molar-refractivity contribution in [1.29, 1.82) is 0 Å². The quantitative estimate of drug-likeness (QED) is 0.0925. The van der Waals surface area contributed by atoms with Crippen LogP contribution < -0.4 is 0 Å². The van der Waals surface area contributed by atoms with Crippen LogP contribution in [-0.4, -0.2) is 54.1 Å². The van der Waals surface area contributed by atoms with Crippen molar-refractivity contribution in [2.75, 3.05) is 0 Å². The predicted octanol–water partition coefficient (Wildman–Crippen LogP) is 5.05. The van der Waals surface area contributed by atoms with E-state index in [0.29, 0.717) is 30.4 Å². The number of carbonyl (C=O) groups is 4. The van der Waals surface area contributed by atoms with Crippen molar-refractivity contribution in [3.63, 3.8) is 0 Å². The molecule has 0 radical (unpaired) electrons. The summed E-state index contributed by atoms with van der Waals surface area (Å²) in [5.41, 5.74) is 0.238. The zero-order valence-electron chi connectivity index (χ0n) is 22.9.